The number of thiazole rings is 1. The van der Waals surface area contributed by atoms with Crippen LogP contribution in [-0.2, 0) is 10.0 Å². The molecule has 0 spiro atoms. The Hall–Kier alpha value is -0.700. The molecule has 2 heterocycles. The van der Waals surface area contributed by atoms with Gasteiger partial charge in [-0.3, -0.25) is 4.79 Å². The molecule has 8 heteroatoms. The van der Waals surface area contributed by atoms with E-state index in [1.165, 1.54) is 4.31 Å². The molecule has 0 amide bonds. The molecule has 1 aliphatic heterocycles. The number of nitrogens with one attached hydrogen (secondary N) is 1. The molecule has 2 N–H and O–H groups in total. The molecule has 1 unspecified atom stereocenters. The van der Waals surface area contributed by atoms with Crippen LogP contribution in [-0.4, -0.2) is 42.0 Å². The van der Waals surface area contributed by atoms with Crippen LogP contribution in [0.4, 0.5) is 0 Å². The lowest BCUT2D eigenvalue weighted by Crippen LogP contribution is -2.45. The Balaban J connectivity index is 2.41. The van der Waals surface area contributed by atoms with Crippen LogP contribution in [0.2, 0.25) is 0 Å². The molecular weight excluding hydrogens is 276 g/mol. The van der Waals surface area contributed by atoms with Gasteiger partial charge in [0.2, 0.25) is 0 Å². The fourth-order valence-electron chi connectivity index (χ4n) is 2.22. The predicted octanol–water partition coefficient (Wildman–Crippen LogP) is 0.280. The highest BCUT2D eigenvalue weighted by atomic mass is 32.2. The zero-order valence-electron chi connectivity index (χ0n) is 10.0. The van der Waals surface area contributed by atoms with Crippen molar-refractivity contribution in [1.29, 1.82) is 0 Å². The van der Waals surface area contributed by atoms with Gasteiger partial charge in [0.05, 0.1) is 6.61 Å². The number of sulfonamides is 1. The summed E-state index contributed by atoms with van der Waals surface area (Å²) in [4.78, 5) is 13.3. The average molecular weight is 292 g/mol. The van der Waals surface area contributed by atoms with Gasteiger partial charge in [-0.2, -0.15) is 4.31 Å². The molecule has 0 aromatic carbocycles. The molecule has 0 aliphatic carbocycles. The van der Waals surface area contributed by atoms with Crippen molar-refractivity contribution in [2.24, 2.45) is 0 Å². The lowest BCUT2D eigenvalue weighted by atomic mass is 10.1. The molecule has 6 nitrogen and oxygen atoms in total. The van der Waals surface area contributed by atoms with E-state index >= 15 is 0 Å². The van der Waals surface area contributed by atoms with E-state index in [1.54, 1.807) is 6.92 Å². The van der Waals surface area contributed by atoms with Gasteiger partial charge in [0.25, 0.3) is 10.0 Å². The number of aryl methyl sites for hydroxylation is 1. The van der Waals surface area contributed by atoms with Crippen LogP contribution in [0.15, 0.2) is 9.00 Å². The molecule has 0 bridgehead atoms. The van der Waals surface area contributed by atoms with Gasteiger partial charge in [0, 0.05) is 18.3 Å². The second-order valence-corrected chi connectivity index (χ2v) is 7.44. The van der Waals surface area contributed by atoms with Gasteiger partial charge in [-0.1, -0.05) is 17.8 Å². The molecule has 102 valence electrons. The summed E-state index contributed by atoms with van der Waals surface area (Å²) in [7, 11) is -3.67. The molecular formula is C10H16N2O4S2. The maximum atomic E-state index is 12.5. The largest absolute Gasteiger partial charge is 0.395 e. The summed E-state index contributed by atoms with van der Waals surface area (Å²) in [5, 5.41) is 9.27. The van der Waals surface area contributed by atoms with Crippen LogP contribution in [0, 0.1) is 6.92 Å². The smallest absolute Gasteiger partial charge is 0.305 e. The minimum absolute atomic E-state index is 0.0628. The van der Waals surface area contributed by atoms with Gasteiger partial charge >= 0.3 is 4.87 Å². The summed E-state index contributed by atoms with van der Waals surface area (Å²) in [5.41, 5.74) is 0.368. The van der Waals surface area contributed by atoms with Gasteiger partial charge in [0.1, 0.15) is 0 Å². The van der Waals surface area contributed by atoms with Crippen LogP contribution < -0.4 is 4.87 Å². The zero-order valence-corrected chi connectivity index (χ0v) is 11.7. The molecule has 0 radical (unpaired) electrons. The first-order valence-electron chi connectivity index (χ1n) is 5.79. The number of hydrogen-bond donors (Lipinski definition) is 2. The maximum absolute atomic E-state index is 12.5. The van der Waals surface area contributed by atoms with Crippen molar-refractivity contribution in [2.75, 3.05) is 13.2 Å². The van der Waals surface area contributed by atoms with Gasteiger partial charge in [0.15, 0.2) is 4.21 Å². The fourth-order valence-corrected chi connectivity index (χ4v) is 5.31. The first kappa shape index (κ1) is 13.7. The van der Waals surface area contributed by atoms with Crippen LogP contribution in [0.1, 0.15) is 25.0 Å². The topological polar surface area (TPSA) is 90.5 Å². The predicted molar refractivity (Wildman–Crippen MR) is 68.3 cm³/mol. The van der Waals surface area contributed by atoms with Crippen molar-refractivity contribution in [2.45, 2.75) is 36.4 Å². The molecule has 1 fully saturated rings. The summed E-state index contributed by atoms with van der Waals surface area (Å²) in [5.74, 6) is 0. The summed E-state index contributed by atoms with van der Waals surface area (Å²) in [6.07, 6.45) is 2.36. The van der Waals surface area contributed by atoms with E-state index in [2.05, 4.69) is 4.98 Å². The van der Waals surface area contributed by atoms with Gasteiger partial charge < -0.3 is 10.1 Å². The lowest BCUT2D eigenvalue weighted by Gasteiger charge is -2.33. The number of nitrogens with zero attached hydrogens (tertiary/aromatic N) is 1. The third kappa shape index (κ3) is 2.37. The highest BCUT2D eigenvalue weighted by molar-refractivity contribution is 7.91. The molecule has 1 atom stereocenters. The summed E-state index contributed by atoms with van der Waals surface area (Å²) in [6.45, 7) is 1.79. The van der Waals surface area contributed by atoms with E-state index in [1.807, 2.05) is 0 Å². The van der Waals surface area contributed by atoms with E-state index < -0.39 is 10.0 Å². The van der Waals surface area contributed by atoms with Crippen LogP contribution >= 0.6 is 11.3 Å². The number of rotatable bonds is 3. The van der Waals surface area contributed by atoms with Gasteiger partial charge in [-0.05, 0) is 19.8 Å². The minimum Gasteiger partial charge on any atom is -0.395 e. The molecule has 1 saturated heterocycles. The minimum atomic E-state index is -3.67. The quantitative estimate of drug-likeness (QED) is 0.837. The third-order valence-electron chi connectivity index (χ3n) is 3.11. The second kappa shape index (κ2) is 5.12. The lowest BCUT2D eigenvalue weighted by molar-refractivity contribution is 0.155. The number of H-pyrrole nitrogens is 1. The molecule has 1 aliphatic rings. The Morgan fingerprint density at radius 1 is 1.50 bits per heavy atom. The number of aliphatic hydroxyl groups is 1. The maximum Gasteiger partial charge on any atom is 0.305 e. The Kier molecular flexibility index (Phi) is 3.90. The van der Waals surface area contributed by atoms with E-state index in [0.29, 0.717) is 30.0 Å². The average Bonchev–Trinajstić information content (AvgIpc) is 2.69. The number of piperidine rings is 1. The zero-order chi connectivity index (χ0) is 13.3. The summed E-state index contributed by atoms with van der Waals surface area (Å²) in [6, 6.07) is -0.375. The highest BCUT2D eigenvalue weighted by Gasteiger charge is 2.35. The molecule has 2 rings (SSSR count). The normalized spacial score (nSPS) is 22.2. The molecule has 0 saturated carbocycles. The van der Waals surface area contributed by atoms with Crippen molar-refractivity contribution >= 4 is 21.4 Å². The first-order chi connectivity index (χ1) is 8.46. The Bertz CT molecular complexity index is 575. The molecule has 18 heavy (non-hydrogen) atoms. The van der Waals surface area contributed by atoms with Crippen molar-refractivity contribution < 1.29 is 13.5 Å². The summed E-state index contributed by atoms with van der Waals surface area (Å²) >= 11 is 0.705. The number of aromatic amines is 1. The van der Waals surface area contributed by atoms with Crippen molar-refractivity contribution in [3.05, 3.63) is 15.4 Å². The van der Waals surface area contributed by atoms with Crippen LogP contribution in [0.3, 0.4) is 0 Å². The number of hydrogen-bond acceptors (Lipinski definition) is 5. The van der Waals surface area contributed by atoms with E-state index in [4.69, 9.17) is 0 Å². The third-order valence-corrected chi connectivity index (χ3v) is 6.64. The van der Waals surface area contributed by atoms with Crippen molar-refractivity contribution in [3.8, 4) is 0 Å². The number of aromatic nitrogens is 1. The van der Waals surface area contributed by atoms with Gasteiger partial charge in [-0.15, -0.1) is 0 Å². The second-order valence-electron chi connectivity index (χ2n) is 4.37. The first-order valence-corrected chi connectivity index (χ1v) is 8.05. The Morgan fingerprint density at radius 3 is 2.78 bits per heavy atom. The van der Waals surface area contributed by atoms with Crippen LogP contribution in [0.5, 0.6) is 0 Å². The molecule has 1 aromatic rings. The van der Waals surface area contributed by atoms with Gasteiger partial charge in [-0.25, -0.2) is 8.42 Å². The SMILES string of the molecule is Cc1[nH]c(=O)sc1S(=O)(=O)N1CCCCC1CO. The van der Waals surface area contributed by atoms with Crippen molar-refractivity contribution in [3.63, 3.8) is 0 Å². The van der Waals surface area contributed by atoms with E-state index in [9.17, 15) is 18.3 Å². The monoisotopic (exact) mass is 292 g/mol. The molecule has 1 aromatic heterocycles. The highest BCUT2D eigenvalue weighted by Crippen LogP contribution is 2.27. The van der Waals surface area contributed by atoms with E-state index in [0.717, 1.165) is 12.8 Å². The standard InChI is InChI=1S/C10H16N2O4S2/c1-7-9(17-10(14)11-7)18(15,16)12-5-3-2-4-8(12)6-13/h8,13H,2-6H2,1H3,(H,11,14). The van der Waals surface area contributed by atoms with E-state index in [-0.39, 0.29) is 21.7 Å². The number of aliphatic hydroxyl groups excluding tert-OH is 1. The van der Waals surface area contributed by atoms with Crippen molar-refractivity contribution in [1.82, 2.24) is 9.29 Å². The van der Waals surface area contributed by atoms with Crippen LogP contribution in [0.25, 0.3) is 0 Å². The Labute approximate surface area is 109 Å². The fraction of sp³-hybridized carbons (Fsp3) is 0.700. The summed E-state index contributed by atoms with van der Waals surface area (Å²) < 4.78 is 26.3. The Morgan fingerprint density at radius 2 is 2.22 bits per heavy atom.